The third-order valence-corrected chi connectivity index (χ3v) is 4.38. The number of hydrogen-bond acceptors (Lipinski definition) is 5. The highest BCUT2D eigenvalue weighted by molar-refractivity contribution is 5.80. The number of benzene rings is 1. The molecule has 0 spiro atoms. The van der Waals surface area contributed by atoms with Crippen LogP contribution in [0.2, 0.25) is 0 Å². The zero-order valence-corrected chi connectivity index (χ0v) is 14.5. The van der Waals surface area contributed by atoms with Gasteiger partial charge in [-0.2, -0.15) is 5.26 Å². The topological polar surface area (TPSA) is 70.8 Å². The fourth-order valence-corrected chi connectivity index (χ4v) is 2.85. The van der Waals surface area contributed by atoms with Gasteiger partial charge in [-0.25, -0.2) is 0 Å². The van der Waals surface area contributed by atoms with E-state index in [1.54, 1.807) is 4.90 Å². The van der Waals surface area contributed by atoms with Crippen LogP contribution in [0.1, 0.15) is 18.9 Å². The standard InChI is InChI=1S/C18H26N4O2/c1-15(23)18(24)22-12-10-21(11-13-22)14-16-4-6-17(7-5-16)20(2)9-3-8-19/h4-7,15,23H,3,9-14H2,1-2H3. The van der Waals surface area contributed by atoms with Gasteiger partial charge < -0.3 is 14.9 Å². The third-order valence-electron chi connectivity index (χ3n) is 4.38. The van der Waals surface area contributed by atoms with Crippen molar-refractivity contribution >= 4 is 11.6 Å². The monoisotopic (exact) mass is 330 g/mol. The molecule has 6 nitrogen and oxygen atoms in total. The molecule has 1 aromatic rings. The molecule has 1 aromatic carbocycles. The molecule has 1 saturated heterocycles. The molecule has 1 fully saturated rings. The summed E-state index contributed by atoms with van der Waals surface area (Å²) in [6.45, 7) is 6.08. The molecule has 0 radical (unpaired) electrons. The van der Waals surface area contributed by atoms with Crippen LogP contribution in [-0.2, 0) is 11.3 Å². The van der Waals surface area contributed by atoms with Crippen LogP contribution >= 0.6 is 0 Å². The van der Waals surface area contributed by atoms with Gasteiger partial charge in [0.15, 0.2) is 0 Å². The van der Waals surface area contributed by atoms with E-state index >= 15 is 0 Å². The largest absolute Gasteiger partial charge is 0.384 e. The number of hydrogen-bond donors (Lipinski definition) is 1. The number of aliphatic hydroxyl groups is 1. The maximum atomic E-state index is 11.8. The first-order chi connectivity index (χ1) is 11.5. The first-order valence-electron chi connectivity index (χ1n) is 8.37. The number of nitriles is 1. The van der Waals surface area contributed by atoms with E-state index in [1.807, 2.05) is 7.05 Å². The van der Waals surface area contributed by atoms with Gasteiger partial charge in [-0.05, 0) is 24.6 Å². The molecule has 6 heteroatoms. The molecule has 1 heterocycles. The fourth-order valence-electron chi connectivity index (χ4n) is 2.85. The smallest absolute Gasteiger partial charge is 0.251 e. The first-order valence-corrected chi connectivity index (χ1v) is 8.37. The molecule has 0 bridgehead atoms. The van der Waals surface area contributed by atoms with Gasteiger partial charge in [-0.15, -0.1) is 0 Å². The van der Waals surface area contributed by atoms with E-state index in [0.717, 1.165) is 31.9 Å². The minimum Gasteiger partial charge on any atom is -0.384 e. The number of amides is 1. The average Bonchev–Trinajstić information content (AvgIpc) is 2.60. The Kier molecular flexibility index (Phi) is 6.59. The predicted molar refractivity (Wildman–Crippen MR) is 93.5 cm³/mol. The Hall–Kier alpha value is -2.10. The summed E-state index contributed by atoms with van der Waals surface area (Å²) in [5, 5.41) is 18.0. The van der Waals surface area contributed by atoms with E-state index in [2.05, 4.69) is 40.1 Å². The number of rotatable bonds is 6. The summed E-state index contributed by atoms with van der Waals surface area (Å²) in [4.78, 5) is 17.9. The number of carbonyl (C=O) groups excluding carboxylic acids is 1. The van der Waals surface area contributed by atoms with Crippen molar-refractivity contribution in [2.45, 2.75) is 26.0 Å². The summed E-state index contributed by atoms with van der Waals surface area (Å²) in [7, 11) is 1.99. The van der Waals surface area contributed by atoms with Crippen molar-refractivity contribution in [1.82, 2.24) is 9.80 Å². The van der Waals surface area contributed by atoms with Crippen LogP contribution in [-0.4, -0.2) is 66.7 Å². The summed E-state index contributed by atoms with van der Waals surface area (Å²) in [6, 6.07) is 10.6. The molecule has 1 unspecified atom stereocenters. The highest BCUT2D eigenvalue weighted by atomic mass is 16.3. The van der Waals surface area contributed by atoms with Crippen LogP contribution in [0.5, 0.6) is 0 Å². The van der Waals surface area contributed by atoms with Gasteiger partial charge in [-0.1, -0.05) is 12.1 Å². The van der Waals surface area contributed by atoms with Crippen molar-refractivity contribution in [1.29, 1.82) is 5.26 Å². The second kappa shape index (κ2) is 8.67. The Balaban J connectivity index is 1.83. The van der Waals surface area contributed by atoms with E-state index in [0.29, 0.717) is 19.5 Å². The van der Waals surface area contributed by atoms with E-state index in [-0.39, 0.29) is 5.91 Å². The Bertz CT molecular complexity index is 572. The normalized spacial score (nSPS) is 16.5. The lowest BCUT2D eigenvalue weighted by molar-refractivity contribution is -0.141. The van der Waals surface area contributed by atoms with Crippen LogP contribution in [0.4, 0.5) is 5.69 Å². The maximum Gasteiger partial charge on any atom is 0.251 e. The van der Waals surface area contributed by atoms with Crippen LogP contribution in [0.15, 0.2) is 24.3 Å². The van der Waals surface area contributed by atoms with Crippen molar-refractivity contribution in [3.63, 3.8) is 0 Å². The minimum atomic E-state index is -0.915. The number of anilines is 1. The Morgan fingerprint density at radius 3 is 2.46 bits per heavy atom. The van der Waals surface area contributed by atoms with Crippen LogP contribution in [0, 0.1) is 11.3 Å². The molecule has 0 aromatic heterocycles. The molecule has 1 atom stereocenters. The van der Waals surface area contributed by atoms with E-state index in [1.165, 1.54) is 12.5 Å². The molecule has 24 heavy (non-hydrogen) atoms. The van der Waals surface area contributed by atoms with Gasteiger partial charge in [-0.3, -0.25) is 9.69 Å². The van der Waals surface area contributed by atoms with Crippen LogP contribution < -0.4 is 4.90 Å². The van der Waals surface area contributed by atoms with Crippen LogP contribution in [0.3, 0.4) is 0 Å². The fraction of sp³-hybridized carbons (Fsp3) is 0.556. The van der Waals surface area contributed by atoms with Gasteiger partial charge in [0.05, 0.1) is 12.5 Å². The van der Waals surface area contributed by atoms with Crippen LogP contribution in [0.25, 0.3) is 0 Å². The summed E-state index contributed by atoms with van der Waals surface area (Å²) < 4.78 is 0. The Morgan fingerprint density at radius 2 is 1.92 bits per heavy atom. The lowest BCUT2D eigenvalue weighted by Gasteiger charge is -2.35. The molecule has 130 valence electrons. The quantitative estimate of drug-likeness (QED) is 0.844. The van der Waals surface area contributed by atoms with Gasteiger partial charge in [0, 0.05) is 52.0 Å². The molecule has 0 saturated carbocycles. The highest BCUT2D eigenvalue weighted by Gasteiger charge is 2.23. The zero-order chi connectivity index (χ0) is 17.5. The third kappa shape index (κ3) is 4.95. The number of carbonyl (C=O) groups is 1. The molecule has 0 aliphatic carbocycles. The molecule has 1 N–H and O–H groups in total. The van der Waals surface area contributed by atoms with Crippen molar-refractivity contribution in [2.75, 3.05) is 44.7 Å². The molecule has 1 amide bonds. The van der Waals surface area contributed by atoms with Gasteiger partial charge in [0.1, 0.15) is 6.10 Å². The van der Waals surface area contributed by atoms with E-state index in [4.69, 9.17) is 5.26 Å². The van der Waals surface area contributed by atoms with Crippen molar-refractivity contribution in [3.8, 4) is 6.07 Å². The van der Waals surface area contributed by atoms with Gasteiger partial charge >= 0.3 is 0 Å². The SMILES string of the molecule is CC(O)C(=O)N1CCN(Cc2ccc(N(C)CCC#N)cc2)CC1. The average molecular weight is 330 g/mol. The molecular weight excluding hydrogens is 304 g/mol. The highest BCUT2D eigenvalue weighted by Crippen LogP contribution is 2.16. The Labute approximate surface area is 143 Å². The molecule has 1 aliphatic rings. The van der Waals surface area contributed by atoms with Crippen molar-refractivity contribution in [3.05, 3.63) is 29.8 Å². The van der Waals surface area contributed by atoms with Gasteiger partial charge in [0.2, 0.25) is 0 Å². The summed E-state index contributed by atoms with van der Waals surface area (Å²) in [5.74, 6) is -0.181. The first kappa shape index (κ1) is 18.2. The van der Waals surface area contributed by atoms with E-state index in [9.17, 15) is 9.90 Å². The maximum absolute atomic E-state index is 11.8. The van der Waals surface area contributed by atoms with Crippen molar-refractivity contribution < 1.29 is 9.90 Å². The summed E-state index contributed by atoms with van der Waals surface area (Å²) >= 11 is 0. The number of aliphatic hydroxyl groups excluding tert-OH is 1. The number of piperazine rings is 1. The molecular formula is C18H26N4O2. The van der Waals surface area contributed by atoms with Gasteiger partial charge in [0.25, 0.3) is 5.91 Å². The predicted octanol–water partition coefficient (Wildman–Crippen LogP) is 1.06. The second-order valence-corrected chi connectivity index (χ2v) is 6.27. The lowest BCUT2D eigenvalue weighted by Crippen LogP contribution is -2.50. The molecule has 1 aliphatic heterocycles. The summed E-state index contributed by atoms with van der Waals surface area (Å²) in [6.07, 6.45) is -0.393. The Morgan fingerprint density at radius 1 is 1.29 bits per heavy atom. The van der Waals surface area contributed by atoms with E-state index < -0.39 is 6.10 Å². The summed E-state index contributed by atoms with van der Waals surface area (Å²) in [5.41, 5.74) is 2.35. The zero-order valence-electron chi connectivity index (χ0n) is 14.5. The second-order valence-electron chi connectivity index (χ2n) is 6.27. The lowest BCUT2D eigenvalue weighted by atomic mass is 10.1. The number of nitrogens with zero attached hydrogens (tertiary/aromatic N) is 4. The van der Waals surface area contributed by atoms with Crippen molar-refractivity contribution in [2.24, 2.45) is 0 Å². The molecule has 2 rings (SSSR count). The minimum absolute atomic E-state index is 0.181.